The van der Waals surface area contributed by atoms with Crippen LogP contribution in [0.5, 0.6) is 0 Å². The summed E-state index contributed by atoms with van der Waals surface area (Å²) in [6, 6.07) is 8.50. The van der Waals surface area contributed by atoms with Crippen LogP contribution in [-0.4, -0.2) is 9.55 Å². The fourth-order valence-electron chi connectivity index (χ4n) is 2.69. The van der Waals surface area contributed by atoms with E-state index < -0.39 is 0 Å². The summed E-state index contributed by atoms with van der Waals surface area (Å²) in [4.78, 5) is 4.86. The first-order valence-electron chi connectivity index (χ1n) is 6.55. The standard InChI is InChI=1S/C15H20N2/c1-15(2,3)17-13-10-5-4-9-12(13)16-14(17)11-7-6-8-11/h4-5,9-11H,6-8H2,1-3H3. The van der Waals surface area contributed by atoms with Gasteiger partial charge < -0.3 is 4.57 Å². The van der Waals surface area contributed by atoms with Crippen molar-refractivity contribution in [1.82, 2.24) is 9.55 Å². The van der Waals surface area contributed by atoms with Gasteiger partial charge in [-0.3, -0.25) is 0 Å². The maximum Gasteiger partial charge on any atom is 0.113 e. The van der Waals surface area contributed by atoms with E-state index in [0.29, 0.717) is 5.92 Å². The summed E-state index contributed by atoms with van der Waals surface area (Å²) in [6.45, 7) is 6.80. The van der Waals surface area contributed by atoms with Crippen molar-refractivity contribution in [3.8, 4) is 0 Å². The van der Waals surface area contributed by atoms with Gasteiger partial charge in [0.25, 0.3) is 0 Å². The molecule has 2 nitrogen and oxygen atoms in total. The number of imidazole rings is 1. The van der Waals surface area contributed by atoms with Gasteiger partial charge in [0.15, 0.2) is 0 Å². The minimum atomic E-state index is 0.112. The van der Waals surface area contributed by atoms with Gasteiger partial charge in [-0.05, 0) is 45.7 Å². The minimum Gasteiger partial charge on any atom is -0.322 e. The van der Waals surface area contributed by atoms with Gasteiger partial charge in [0.05, 0.1) is 11.0 Å². The predicted octanol–water partition coefficient (Wildman–Crippen LogP) is 4.06. The van der Waals surface area contributed by atoms with E-state index in [4.69, 9.17) is 4.98 Å². The average Bonchev–Trinajstić information content (AvgIpc) is 2.52. The van der Waals surface area contributed by atoms with Crippen LogP contribution in [0, 0.1) is 0 Å². The van der Waals surface area contributed by atoms with Crippen LogP contribution in [-0.2, 0) is 5.54 Å². The van der Waals surface area contributed by atoms with Gasteiger partial charge in [-0.1, -0.05) is 18.6 Å². The molecule has 0 aliphatic heterocycles. The van der Waals surface area contributed by atoms with E-state index in [1.54, 1.807) is 0 Å². The van der Waals surface area contributed by atoms with Gasteiger partial charge in [-0.25, -0.2) is 4.98 Å². The van der Waals surface area contributed by atoms with Crippen molar-refractivity contribution in [3.05, 3.63) is 30.1 Å². The lowest BCUT2D eigenvalue weighted by molar-refractivity contribution is 0.335. The Hall–Kier alpha value is -1.31. The molecule has 0 saturated heterocycles. The zero-order valence-electron chi connectivity index (χ0n) is 10.9. The Morgan fingerprint density at radius 1 is 1.18 bits per heavy atom. The third-order valence-electron chi connectivity index (χ3n) is 3.73. The lowest BCUT2D eigenvalue weighted by atomic mass is 9.84. The van der Waals surface area contributed by atoms with Crippen LogP contribution in [0.3, 0.4) is 0 Å². The van der Waals surface area contributed by atoms with Crippen LogP contribution >= 0.6 is 0 Å². The Labute approximate surface area is 103 Å². The van der Waals surface area contributed by atoms with Crippen LogP contribution in [0.4, 0.5) is 0 Å². The van der Waals surface area contributed by atoms with Gasteiger partial charge in [-0.2, -0.15) is 0 Å². The second kappa shape index (κ2) is 3.59. The summed E-state index contributed by atoms with van der Waals surface area (Å²) in [7, 11) is 0. The second-order valence-corrected chi connectivity index (χ2v) is 6.09. The molecule has 1 aliphatic carbocycles. The number of hydrogen-bond donors (Lipinski definition) is 0. The van der Waals surface area contributed by atoms with Gasteiger partial charge in [0, 0.05) is 11.5 Å². The quantitative estimate of drug-likeness (QED) is 0.719. The van der Waals surface area contributed by atoms with Crippen LogP contribution in [0.1, 0.15) is 51.8 Å². The van der Waals surface area contributed by atoms with Gasteiger partial charge in [0.1, 0.15) is 5.82 Å². The number of nitrogens with zero attached hydrogens (tertiary/aromatic N) is 2. The number of para-hydroxylation sites is 2. The molecule has 2 aromatic rings. The maximum atomic E-state index is 4.86. The molecule has 3 rings (SSSR count). The number of benzene rings is 1. The molecule has 1 aliphatic rings. The van der Waals surface area contributed by atoms with E-state index in [1.807, 2.05) is 0 Å². The molecule has 90 valence electrons. The maximum absolute atomic E-state index is 4.86. The molecule has 0 radical (unpaired) electrons. The van der Waals surface area contributed by atoms with E-state index in [2.05, 4.69) is 49.6 Å². The van der Waals surface area contributed by atoms with Crippen LogP contribution < -0.4 is 0 Å². The largest absolute Gasteiger partial charge is 0.322 e. The molecular formula is C15H20N2. The molecule has 1 aromatic carbocycles. The molecule has 0 atom stereocenters. The number of hydrogen-bond acceptors (Lipinski definition) is 1. The van der Waals surface area contributed by atoms with E-state index in [9.17, 15) is 0 Å². The van der Waals surface area contributed by atoms with Crippen LogP contribution in [0.25, 0.3) is 11.0 Å². The molecule has 0 N–H and O–H groups in total. The molecule has 0 amide bonds. The average molecular weight is 228 g/mol. The molecule has 1 fully saturated rings. The Morgan fingerprint density at radius 3 is 2.47 bits per heavy atom. The summed E-state index contributed by atoms with van der Waals surface area (Å²) >= 11 is 0. The normalized spacial score (nSPS) is 17.4. The number of aromatic nitrogens is 2. The van der Waals surface area contributed by atoms with Crippen molar-refractivity contribution in [2.75, 3.05) is 0 Å². The Balaban J connectivity index is 2.25. The van der Waals surface area contributed by atoms with E-state index >= 15 is 0 Å². The van der Waals surface area contributed by atoms with E-state index in [1.165, 1.54) is 30.6 Å². The first kappa shape index (κ1) is 10.8. The van der Waals surface area contributed by atoms with Gasteiger partial charge >= 0.3 is 0 Å². The summed E-state index contributed by atoms with van der Waals surface area (Å²) in [6.07, 6.45) is 3.97. The van der Waals surface area contributed by atoms with Crippen LogP contribution in [0.15, 0.2) is 24.3 Å². The fraction of sp³-hybridized carbons (Fsp3) is 0.533. The summed E-state index contributed by atoms with van der Waals surface area (Å²) < 4.78 is 2.44. The van der Waals surface area contributed by atoms with Crippen molar-refractivity contribution >= 4 is 11.0 Å². The topological polar surface area (TPSA) is 17.8 Å². The van der Waals surface area contributed by atoms with E-state index in [0.717, 1.165) is 5.52 Å². The number of fused-ring (bicyclic) bond motifs is 1. The van der Waals surface area contributed by atoms with E-state index in [-0.39, 0.29) is 5.54 Å². The minimum absolute atomic E-state index is 0.112. The van der Waals surface area contributed by atoms with Crippen molar-refractivity contribution < 1.29 is 0 Å². The Bertz CT molecular complexity index is 542. The van der Waals surface area contributed by atoms with Crippen molar-refractivity contribution in [2.45, 2.75) is 51.5 Å². The molecule has 0 bridgehead atoms. The van der Waals surface area contributed by atoms with Crippen molar-refractivity contribution in [1.29, 1.82) is 0 Å². The first-order chi connectivity index (χ1) is 8.07. The molecule has 0 spiro atoms. The molecule has 1 aromatic heterocycles. The monoisotopic (exact) mass is 228 g/mol. The SMILES string of the molecule is CC(C)(C)n1c(C2CCC2)nc2ccccc21. The zero-order chi connectivity index (χ0) is 12.0. The second-order valence-electron chi connectivity index (χ2n) is 6.09. The summed E-state index contributed by atoms with van der Waals surface area (Å²) in [5.41, 5.74) is 2.53. The molecule has 2 heteroatoms. The first-order valence-corrected chi connectivity index (χ1v) is 6.55. The summed E-state index contributed by atoms with van der Waals surface area (Å²) in [5.74, 6) is 1.98. The Kier molecular flexibility index (Phi) is 2.29. The van der Waals surface area contributed by atoms with Gasteiger partial charge in [-0.15, -0.1) is 0 Å². The zero-order valence-corrected chi connectivity index (χ0v) is 10.9. The Morgan fingerprint density at radius 2 is 1.88 bits per heavy atom. The lowest BCUT2D eigenvalue weighted by Gasteiger charge is -2.31. The van der Waals surface area contributed by atoms with Crippen molar-refractivity contribution in [3.63, 3.8) is 0 Å². The highest BCUT2D eigenvalue weighted by Gasteiger charge is 2.29. The molecular weight excluding hydrogens is 208 g/mol. The summed E-state index contributed by atoms with van der Waals surface area (Å²) in [5, 5.41) is 0. The third-order valence-corrected chi connectivity index (χ3v) is 3.73. The molecule has 1 saturated carbocycles. The lowest BCUT2D eigenvalue weighted by Crippen LogP contribution is -2.27. The fourth-order valence-corrected chi connectivity index (χ4v) is 2.69. The molecule has 1 heterocycles. The van der Waals surface area contributed by atoms with Crippen molar-refractivity contribution in [2.24, 2.45) is 0 Å². The predicted molar refractivity (Wildman–Crippen MR) is 71.3 cm³/mol. The smallest absolute Gasteiger partial charge is 0.113 e. The highest BCUT2D eigenvalue weighted by Crippen LogP contribution is 2.39. The highest BCUT2D eigenvalue weighted by atomic mass is 15.1. The number of rotatable bonds is 1. The molecule has 0 unspecified atom stereocenters. The van der Waals surface area contributed by atoms with Crippen LogP contribution in [0.2, 0.25) is 0 Å². The molecule has 17 heavy (non-hydrogen) atoms. The third kappa shape index (κ3) is 1.67. The highest BCUT2D eigenvalue weighted by molar-refractivity contribution is 5.76. The van der Waals surface area contributed by atoms with Gasteiger partial charge in [0.2, 0.25) is 0 Å².